The first-order valence-corrected chi connectivity index (χ1v) is 13.7. The molecule has 5 heterocycles. The summed E-state index contributed by atoms with van der Waals surface area (Å²) in [5.41, 5.74) is 9.06. The molecule has 2 aliphatic heterocycles. The Morgan fingerprint density at radius 2 is 1.65 bits per heavy atom. The van der Waals surface area contributed by atoms with Gasteiger partial charge in [0.1, 0.15) is 0 Å². The fraction of sp³-hybridized carbons (Fsp3) is 0.483. The number of nitrogens with zero attached hydrogens (tertiary/aromatic N) is 7. The SMILES string of the molecule is CCN1CCN(c2c(C)cc(-c3cc4c(-c5cnn(C6CCN(C)CC6)c5)c[nH]c4nn3)cc2C)CC1. The van der Waals surface area contributed by atoms with Gasteiger partial charge in [-0.05, 0) is 82.7 Å². The summed E-state index contributed by atoms with van der Waals surface area (Å²) in [6.45, 7) is 14.5. The fourth-order valence-electron chi connectivity index (χ4n) is 6.13. The molecule has 194 valence electrons. The highest BCUT2D eigenvalue weighted by Crippen LogP contribution is 2.34. The first-order chi connectivity index (χ1) is 18.0. The van der Waals surface area contributed by atoms with Gasteiger partial charge >= 0.3 is 0 Å². The van der Waals surface area contributed by atoms with E-state index in [1.165, 1.54) is 16.8 Å². The van der Waals surface area contributed by atoms with Gasteiger partial charge in [0.15, 0.2) is 5.65 Å². The Kier molecular flexibility index (Phi) is 6.46. The molecule has 2 saturated heterocycles. The molecular weight excluding hydrogens is 460 g/mol. The molecule has 0 unspecified atom stereocenters. The van der Waals surface area contributed by atoms with E-state index in [1.807, 2.05) is 12.4 Å². The number of aryl methyl sites for hydroxylation is 2. The van der Waals surface area contributed by atoms with Crippen molar-refractivity contribution in [3.8, 4) is 22.4 Å². The smallest absolute Gasteiger partial charge is 0.160 e. The molecule has 0 bridgehead atoms. The van der Waals surface area contributed by atoms with E-state index < -0.39 is 0 Å². The minimum Gasteiger partial charge on any atom is -0.369 e. The minimum absolute atomic E-state index is 0.472. The number of hydrogen-bond donors (Lipinski definition) is 1. The number of aromatic amines is 1. The predicted molar refractivity (Wildman–Crippen MR) is 150 cm³/mol. The number of aromatic nitrogens is 5. The number of anilines is 1. The predicted octanol–water partition coefficient (Wildman–Crippen LogP) is 4.51. The van der Waals surface area contributed by atoms with Gasteiger partial charge in [0.25, 0.3) is 0 Å². The van der Waals surface area contributed by atoms with Gasteiger partial charge in [0.05, 0.1) is 17.9 Å². The molecule has 6 rings (SSSR count). The highest BCUT2D eigenvalue weighted by atomic mass is 15.3. The molecule has 8 nitrogen and oxygen atoms in total. The first kappa shape index (κ1) is 24.1. The third kappa shape index (κ3) is 4.64. The molecule has 37 heavy (non-hydrogen) atoms. The zero-order valence-electron chi connectivity index (χ0n) is 22.5. The van der Waals surface area contributed by atoms with Crippen LogP contribution in [-0.2, 0) is 0 Å². The van der Waals surface area contributed by atoms with Crippen LogP contribution in [0, 0.1) is 13.8 Å². The lowest BCUT2D eigenvalue weighted by atomic mass is 9.99. The molecule has 0 aliphatic carbocycles. The summed E-state index contributed by atoms with van der Waals surface area (Å²) < 4.78 is 2.16. The average Bonchev–Trinajstić information content (AvgIpc) is 3.56. The van der Waals surface area contributed by atoms with Gasteiger partial charge in [-0.2, -0.15) is 5.10 Å². The van der Waals surface area contributed by atoms with Crippen LogP contribution < -0.4 is 4.90 Å². The number of piperazine rings is 1. The van der Waals surface area contributed by atoms with E-state index in [1.54, 1.807) is 0 Å². The summed E-state index contributed by atoms with van der Waals surface area (Å²) in [6.07, 6.45) is 8.51. The summed E-state index contributed by atoms with van der Waals surface area (Å²) in [5.74, 6) is 0. The highest BCUT2D eigenvalue weighted by molar-refractivity contribution is 5.95. The number of fused-ring (bicyclic) bond motifs is 1. The van der Waals surface area contributed by atoms with Crippen molar-refractivity contribution < 1.29 is 0 Å². The fourth-order valence-corrected chi connectivity index (χ4v) is 6.13. The van der Waals surface area contributed by atoms with Crippen LogP contribution in [0.15, 0.2) is 36.8 Å². The maximum Gasteiger partial charge on any atom is 0.160 e. The number of H-pyrrole nitrogens is 1. The number of benzene rings is 1. The van der Waals surface area contributed by atoms with Crippen molar-refractivity contribution in [1.82, 2.24) is 34.8 Å². The van der Waals surface area contributed by atoms with Crippen LogP contribution in [0.3, 0.4) is 0 Å². The monoisotopic (exact) mass is 498 g/mol. The van der Waals surface area contributed by atoms with Gasteiger partial charge in [0, 0.05) is 66.3 Å². The molecule has 8 heteroatoms. The van der Waals surface area contributed by atoms with Crippen molar-refractivity contribution in [2.45, 2.75) is 39.7 Å². The van der Waals surface area contributed by atoms with Gasteiger partial charge in [-0.15, -0.1) is 10.2 Å². The maximum atomic E-state index is 4.74. The molecular formula is C29H38N8. The van der Waals surface area contributed by atoms with Gasteiger partial charge in [-0.1, -0.05) is 6.92 Å². The minimum atomic E-state index is 0.472. The molecule has 0 saturated carbocycles. The van der Waals surface area contributed by atoms with Crippen LogP contribution in [0.5, 0.6) is 0 Å². The lowest BCUT2D eigenvalue weighted by Crippen LogP contribution is -2.46. The summed E-state index contributed by atoms with van der Waals surface area (Å²) in [7, 11) is 2.19. The summed E-state index contributed by atoms with van der Waals surface area (Å²) in [5, 5.41) is 15.0. The van der Waals surface area contributed by atoms with Crippen molar-refractivity contribution >= 4 is 16.7 Å². The van der Waals surface area contributed by atoms with Crippen LogP contribution in [0.1, 0.15) is 36.9 Å². The second-order valence-corrected chi connectivity index (χ2v) is 10.8. The molecule has 0 atom stereocenters. The van der Waals surface area contributed by atoms with E-state index in [4.69, 9.17) is 5.10 Å². The van der Waals surface area contributed by atoms with Gasteiger partial charge in [-0.25, -0.2) is 0 Å². The zero-order valence-corrected chi connectivity index (χ0v) is 22.5. The third-order valence-corrected chi connectivity index (χ3v) is 8.33. The maximum absolute atomic E-state index is 4.74. The molecule has 4 aromatic rings. The zero-order chi connectivity index (χ0) is 25.5. The summed E-state index contributed by atoms with van der Waals surface area (Å²) in [4.78, 5) is 10.8. The Morgan fingerprint density at radius 1 is 0.919 bits per heavy atom. The summed E-state index contributed by atoms with van der Waals surface area (Å²) in [6, 6.07) is 7.19. The Hall–Kier alpha value is -3.23. The van der Waals surface area contributed by atoms with E-state index in [0.717, 1.165) is 92.1 Å². The van der Waals surface area contributed by atoms with E-state index in [0.29, 0.717) is 6.04 Å². The quantitative estimate of drug-likeness (QED) is 0.437. The third-order valence-electron chi connectivity index (χ3n) is 8.33. The molecule has 0 radical (unpaired) electrons. The molecule has 0 spiro atoms. The van der Waals surface area contributed by atoms with Crippen molar-refractivity contribution in [2.24, 2.45) is 0 Å². The normalized spacial score (nSPS) is 18.2. The number of hydrogen-bond acceptors (Lipinski definition) is 6. The topological polar surface area (TPSA) is 69.1 Å². The molecule has 1 aromatic carbocycles. The van der Waals surface area contributed by atoms with E-state index in [2.05, 4.69) is 86.8 Å². The van der Waals surface area contributed by atoms with E-state index in [-0.39, 0.29) is 0 Å². The Bertz CT molecular complexity index is 1360. The standard InChI is InChI=1S/C29H38N8/c1-5-35-10-12-36(13-11-35)28-20(2)14-22(15-21(28)3)27-16-25-26(18-30-29(25)33-32-27)23-17-31-37(19-23)24-6-8-34(4)9-7-24/h14-19,24H,5-13H2,1-4H3,(H,30,33). The van der Waals surface area contributed by atoms with Crippen molar-refractivity contribution in [3.63, 3.8) is 0 Å². The number of likely N-dealkylation sites (tertiary alicyclic amines) is 1. The molecule has 2 aliphatic rings. The average molecular weight is 499 g/mol. The number of likely N-dealkylation sites (N-methyl/N-ethyl adjacent to an activating group) is 1. The Labute approximate surface area is 219 Å². The summed E-state index contributed by atoms with van der Waals surface area (Å²) >= 11 is 0. The first-order valence-electron chi connectivity index (χ1n) is 13.7. The number of nitrogens with one attached hydrogen (secondary N) is 1. The highest BCUT2D eigenvalue weighted by Gasteiger charge is 2.22. The van der Waals surface area contributed by atoms with Gasteiger partial charge < -0.3 is 19.7 Å². The van der Waals surface area contributed by atoms with E-state index in [9.17, 15) is 0 Å². The van der Waals surface area contributed by atoms with Crippen molar-refractivity contribution in [3.05, 3.63) is 47.9 Å². The van der Waals surface area contributed by atoms with E-state index >= 15 is 0 Å². The number of piperidine rings is 1. The van der Waals surface area contributed by atoms with Crippen LogP contribution in [-0.4, -0.2) is 87.6 Å². The second kappa shape index (κ2) is 9.91. The van der Waals surface area contributed by atoms with Crippen molar-refractivity contribution in [2.75, 3.05) is 57.8 Å². The van der Waals surface area contributed by atoms with Crippen LogP contribution in [0.25, 0.3) is 33.4 Å². The lowest BCUT2D eigenvalue weighted by Gasteiger charge is -2.37. The lowest BCUT2D eigenvalue weighted by molar-refractivity contribution is 0.212. The van der Waals surface area contributed by atoms with Gasteiger partial charge in [0.2, 0.25) is 0 Å². The van der Waals surface area contributed by atoms with Gasteiger partial charge in [-0.3, -0.25) is 4.68 Å². The Morgan fingerprint density at radius 3 is 2.35 bits per heavy atom. The second-order valence-electron chi connectivity index (χ2n) is 10.8. The van der Waals surface area contributed by atoms with Crippen LogP contribution in [0.2, 0.25) is 0 Å². The largest absolute Gasteiger partial charge is 0.369 e. The molecule has 2 fully saturated rings. The Balaban J connectivity index is 1.28. The molecule has 1 N–H and O–H groups in total. The molecule has 0 amide bonds. The van der Waals surface area contributed by atoms with Crippen LogP contribution >= 0.6 is 0 Å². The molecule has 3 aromatic heterocycles. The van der Waals surface area contributed by atoms with Crippen molar-refractivity contribution in [1.29, 1.82) is 0 Å². The van der Waals surface area contributed by atoms with Crippen LogP contribution in [0.4, 0.5) is 5.69 Å². The number of rotatable bonds is 5.